The maximum absolute atomic E-state index is 15.4. The summed E-state index contributed by atoms with van der Waals surface area (Å²) in [4.78, 5) is 30.0. The number of hydrogen-bond donors (Lipinski definition) is 0. The van der Waals surface area contributed by atoms with Crippen molar-refractivity contribution in [3.63, 3.8) is 0 Å². The Morgan fingerprint density at radius 1 is 0.604 bits per heavy atom. The van der Waals surface area contributed by atoms with Crippen LogP contribution in [0.15, 0.2) is 23.8 Å². The Hall–Kier alpha value is -8.90. The Kier molecular flexibility index (Phi) is 7.41. The molecule has 5 rings (SSSR count). The van der Waals surface area contributed by atoms with Crippen LogP contribution in [0, 0.1) is 101 Å². The summed E-state index contributed by atoms with van der Waals surface area (Å²) >= 11 is 0. The second kappa shape index (κ2) is 11.6. The highest BCUT2D eigenvalue weighted by molar-refractivity contribution is 6.31. The molecule has 0 bridgehead atoms. The highest BCUT2D eigenvalue weighted by Crippen LogP contribution is 2.58. The number of aromatic nitrogens is 4. The molecule has 0 N–H and O–H groups in total. The maximum Gasteiger partial charge on any atom is 0.374 e. The lowest BCUT2D eigenvalue weighted by Gasteiger charge is -2.16. The number of rotatable bonds is 2. The van der Waals surface area contributed by atoms with E-state index in [1.807, 2.05) is 12.1 Å². The summed E-state index contributed by atoms with van der Waals surface area (Å²) in [6, 6.07) is 8.74. The highest BCUT2D eigenvalue weighted by atomic mass is 19.1. The van der Waals surface area contributed by atoms with Gasteiger partial charge in [0, 0.05) is 22.3 Å². The van der Waals surface area contributed by atoms with Crippen molar-refractivity contribution >= 4 is 45.5 Å². The fraction of sp³-hybridized carbons (Fsp3) is 0. The normalized spacial score (nSPS) is 14.2. The van der Waals surface area contributed by atoms with E-state index >= 15 is 8.78 Å². The van der Waals surface area contributed by atoms with Gasteiger partial charge in [-0.25, -0.2) is 25.1 Å². The lowest BCUT2D eigenvalue weighted by Crippen LogP contribution is -2.04. The summed E-state index contributed by atoms with van der Waals surface area (Å²) in [5.74, 6) is -3.92. The van der Waals surface area contributed by atoms with Gasteiger partial charge >= 0.3 is 11.9 Å². The fourth-order valence-electron chi connectivity index (χ4n) is 5.35. The van der Waals surface area contributed by atoms with E-state index in [-0.39, 0.29) is 0 Å². The van der Waals surface area contributed by atoms with Gasteiger partial charge in [-0.2, -0.15) is 34.5 Å². The van der Waals surface area contributed by atoms with Gasteiger partial charge < -0.3 is 9.69 Å². The van der Waals surface area contributed by atoms with E-state index in [1.54, 1.807) is 18.2 Å². The number of nitriles is 5. The number of hydrogen-bond acceptors (Lipinski definition) is 9. The Labute approximate surface area is 268 Å². The Bertz CT molecular complexity index is 2470. The van der Waals surface area contributed by atoms with E-state index < -0.39 is 113 Å². The molecule has 0 aliphatic heterocycles. The van der Waals surface area contributed by atoms with Crippen molar-refractivity contribution in [2.24, 2.45) is 0 Å². The third-order valence-corrected chi connectivity index (χ3v) is 7.03. The summed E-state index contributed by atoms with van der Waals surface area (Å²) in [6.07, 6.45) is 1.63. The molecule has 2 aromatic heterocycles. The van der Waals surface area contributed by atoms with E-state index in [2.05, 4.69) is 44.2 Å². The highest BCUT2D eigenvalue weighted by Gasteiger charge is 2.44. The smallest absolute Gasteiger partial charge is 0.374 e. The third-order valence-electron chi connectivity index (χ3n) is 7.03. The lowest BCUT2D eigenvalue weighted by molar-refractivity contribution is 0.578. The predicted molar refractivity (Wildman–Crippen MR) is 156 cm³/mol. The SMILES string of the molecule is [C-]#[N+]C1=C(c2cnc([N+]#[C-])nc2F)/C(=C(/C#N)[N+]#[C-])c2c(C#N)c3c(c(C#N)c21)/C(=C(/C#N)[N+]#[C-])C(c1cnc([N+]#[C-])nc1F)=C3C#N. The van der Waals surface area contributed by atoms with Crippen molar-refractivity contribution in [3.8, 4) is 30.3 Å². The molecular weight excluding hydrogens is 618 g/mol. The maximum atomic E-state index is 15.4. The van der Waals surface area contributed by atoms with Gasteiger partial charge in [-0.05, 0) is 22.3 Å². The van der Waals surface area contributed by atoms with Gasteiger partial charge in [0.1, 0.15) is 12.1 Å². The molecule has 2 aliphatic carbocycles. The van der Waals surface area contributed by atoms with Crippen molar-refractivity contribution in [3.05, 3.63) is 137 Å². The second-order valence-corrected chi connectivity index (χ2v) is 9.04. The molecule has 0 unspecified atom stereocenters. The quantitative estimate of drug-likeness (QED) is 0.189. The molecule has 48 heavy (non-hydrogen) atoms. The minimum Gasteiger partial charge on any atom is -0.394 e. The summed E-state index contributed by atoms with van der Waals surface area (Å²) < 4.78 is 30.9. The average molecular weight is 620 g/mol. The van der Waals surface area contributed by atoms with Crippen LogP contribution in [0.3, 0.4) is 0 Å². The summed E-state index contributed by atoms with van der Waals surface area (Å²) in [7, 11) is 0. The van der Waals surface area contributed by atoms with Crippen molar-refractivity contribution in [1.29, 1.82) is 26.3 Å². The Balaban J connectivity index is 2.11. The van der Waals surface area contributed by atoms with Gasteiger partial charge in [-0.15, -0.1) is 23.1 Å². The van der Waals surface area contributed by atoms with Crippen LogP contribution in [0.1, 0.15) is 44.5 Å². The number of allylic oxidation sites excluding steroid dienone is 7. The molecule has 1 aromatic carbocycles. The number of nitrogens with zero attached hydrogens (tertiary/aromatic N) is 14. The summed E-state index contributed by atoms with van der Waals surface area (Å²) in [6.45, 7) is 37.5. The van der Waals surface area contributed by atoms with Crippen LogP contribution in [0.2, 0.25) is 0 Å². The molecule has 0 saturated carbocycles. The van der Waals surface area contributed by atoms with Crippen molar-refractivity contribution in [2.75, 3.05) is 0 Å². The van der Waals surface area contributed by atoms with E-state index in [0.29, 0.717) is 0 Å². The molecule has 0 saturated heterocycles. The lowest BCUT2D eigenvalue weighted by atomic mass is 9.84. The van der Waals surface area contributed by atoms with E-state index in [4.69, 9.17) is 32.9 Å². The molecule has 2 aliphatic rings. The summed E-state index contributed by atoms with van der Waals surface area (Å²) in [5, 5.41) is 51.6. The van der Waals surface area contributed by atoms with E-state index in [9.17, 15) is 26.3 Å². The molecule has 214 valence electrons. The first kappa shape index (κ1) is 30.6. The van der Waals surface area contributed by atoms with Crippen LogP contribution in [0.25, 0.3) is 57.8 Å². The van der Waals surface area contributed by atoms with Gasteiger partial charge in [0.2, 0.25) is 5.70 Å². The van der Waals surface area contributed by atoms with E-state index in [1.165, 1.54) is 0 Å². The van der Waals surface area contributed by atoms with Crippen molar-refractivity contribution < 1.29 is 8.78 Å². The van der Waals surface area contributed by atoms with Crippen LogP contribution in [-0.4, -0.2) is 19.9 Å². The van der Waals surface area contributed by atoms with Crippen LogP contribution in [-0.2, 0) is 0 Å². The first-order chi connectivity index (χ1) is 23.2. The van der Waals surface area contributed by atoms with Gasteiger partial charge in [-0.3, -0.25) is 0 Å². The monoisotopic (exact) mass is 620 g/mol. The third kappa shape index (κ3) is 4.06. The minimum atomic E-state index is -1.35. The average Bonchev–Trinajstić information content (AvgIpc) is 3.61. The second-order valence-electron chi connectivity index (χ2n) is 9.04. The van der Waals surface area contributed by atoms with Gasteiger partial charge in [0.25, 0.3) is 23.3 Å². The largest absolute Gasteiger partial charge is 0.394 e. The van der Waals surface area contributed by atoms with E-state index in [0.717, 1.165) is 12.4 Å². The number of benzene rings is 1. The Morgan fingerprint density at radius 3 is 1.46 bits per heavy atom. The topological polar surface area (TPSA) is 192 Å². The minimum absolute atomic E-state index is 0.412. The molecule has 14 nitrogen and oxygen atoms in total. The molecule has 0 radical (unpaired) electrons. The van der Waals surface area contributed by atoms with Gasteiger partial charge in [0.05, 0.1) is 78.1 Å². The van der Waals surface area contributed by atoms with Crippen LogP contribution in [0.4, 0.5) is 20.7 Å². The zero-order chi connectivity index (χ0) is 34.9. The zero-order valence-corrected chi connectivity index (χ0v) is 23.2. The van der Waals surface area contributed by atoms with Crippen molar-refractivity contribution in [2.45, 2.75) is 0 Å². The Morgan fingerprint density at radius 2 is 1.06 bits per heavy atom. The standard InChI is InChI=1S/C32H2F2N14/c1-40-18(9-38)26-21(16-11-45-31(43-4)47-29(16)33)13(6-35)20-14(7-36)23-24(15(8-37)22(20)26)28(42-3)25(27(23)19(10-39)41-2)17-12-46-32(44-5)48-30(17)34/h11-12H/b26-18-,27-19-. The molecule has 0 fully saturated rings. The molecular formula is C32H2F2N14. The number of fused-ring (bicyclic) bond motifs is 2. The predicted octanol–water partition coefficient (Wildman–Crippen LogP) is 5.95. The van der Waals surface area contributed by atoms with Crippen LogP contribution < -0.4 is 0 Å². The van der Waals surface area contributed by atoms with Crippen LogP contribution >= 0.6 is 0 Å². The summed E-state index contributed by atoms with van der Waals surface area (Å²) in [5.41, 5.74) is -8.56. The molecule has 0 amide bonds. The molecule has 3 aromatic rings. The first-order valence-corrected chi connectivity index (χ1v) is 12.4. The number of halogens is 2. The zero-order valence-electron chi connectivity index (χ0n) is 23.2. The fourth-order valence-corrected chi connectivity index (χ4v) is 5.35. The first-order valence-electron chi connectivity index (χ1n) is 12.4. The molecule has 0 atom stereocenters. The van der Waals surface area contributed by atoms with Crippen molar-refractivity contribution in [1.82, 2.24) is 19.9 Å². The molecule has 16 heteroatoms. The molecule has 2 heterocycles. The van der Waals surface area contributed by atoms with Crippen LogP contribution in [0.5, 0.6) is 0 Å². The van der Waals surface area contributed by atoms with Gasteiger partial charge in [-0.1, -0.05) is 0 Å². The van der Waals surface area contributed by atoms with Gasteiger partial charge in [0.15, 0.2) is 0 Å². The molecule has 0 spiro atoms.